The maximum atomic E-state index is 11.9. The highest BCUT2D eigenvalue weighted by Gasteiger charge is 2.28. The topological polar surface area (TPSA) is 49.4 Å². The highest BCUT2D eigenvalue weighted by Crippen LogP contribution is 2.27. The molecule has 0 aromatic heterocycles. The van der Waals surface area contributed by atoms with E-state index in [0.717, 1.165) is 25.6 Å². The van der Waals surface area contributed by atoms with Gasteiger partial charge in [-0.1, -0.05) is 19.3 Å². The van der Waals surface area contributed by atoms with Gasteiger partial charge in [0.2, 0.25) is 0 Å². The molecule has 4 nitrogen and oxygen atoms in total. The molecular formula is C15H30N2O2S. The number of sulfone groups is 1. The van der Waals surface area contributed by atoms with Crippen molar-refractivity contribution >= 4 is 9.84 Å². The second kappa shape index (κ2) is 7.23. The van der Waals surface area contributed by atoms with E-state index in [1.807, 2.05) is 0 Å². The lowest BCUT2D eigenvalue weighted by Crippen LogP contribution is -2.54. The molecule has 1 saturated heterocycles. The molecule has 1 unspecified atom stereocenters. The second-order valence-electron chi connectivity index (χ2n) is 6.68. The number of nitrogens with zero attached hydrogens (tertiary/aromatic N) is 1. The summed E-state index contributed by atoms with van der Waals surface area (Å²) in [6.07, 6.45) is 6.81. The first-order chi connectivity index (χ1) is 9.49. The fourth-order valence-corrected chi connectivity index (χ4v) is 4.37. The second-order valence-corrected chi connectivity index (χ2v) is 9.35. The molecule has 0 amide bonds. The molecule has 20 heavy (non-hydrogen) atoms. The predicted octanol–water partition coefficient (Wildman–Crippen LogP) is 1.66. The predicted molar refractivity (Wildman–Crippen MR) is 83.7 cm³/mol. The van der Waals surface area contributed by atoms with Crippen molar-refractivity contribution in [3.8, 4) is 0 Å². The first-order valence-corrected chi connectivity index (χ1v) is 9.88. The monoisotopic (exact) mass is 302 g/mol. The number of nitrogens with one attached hydrogen (secondary N) is 1. The molecule has 2 fully saturated rings. The summed E-state index contributed by atoms with van der Waals surface area (Å²) in [5, 5.41) is 3.40. The first kappa shape index (κ1) is 16.2. The molecule has 0 aromatic rings. The van der Waals surface area contributed by atoms with Crippen LogP contribution >= 0.6 is 0 Å². The van der Waals surface area contributed by atoms with Gasteiger partial charge in [-0.2, -0.15) is 0 Å². The van der Waals surface area contributed by atoms with E-state index in [1.54, 1.807) is 13.8 Å². The molecule has 1 heterocycles. The van der Waals surface area contributed by atoms with Gasteiger partial charge in [-0.3, -0.25) is 4.90 Å². The lowest BCUT2D eigenvalue weighted by Gasteiger charge is -2.39. The van der Waals surface area contributed by atoms with Crippen LogP contribution in [0.25, 0.3) is 0 Å². The fraction of sp³-hybridized carbons (Fsp3) is 1.00. The molecule has 0 spiro atoms. The van der Waals surface area contributed by atoms with E-state index in [9.17, 15) is 8.42 Å². The SMILES string of the molecule is CC(C)S(=O)(=O)CCN1CCNC(C2CCCCC2)C1. The van der Waals surface area contributed by atoms with Crippen molar-refractivity contribution in [3.05, 3.63) is 0 Å². The van der Waals surface area contributed by atoms with Crippen molar-refractivity contribution in [1.29, 1.82) is 0 Å². The molecule has 1 N–H and O–H groups in total. The average Bonchev–Trinajstić information content (AvgIpc) is 2.46. The van der Waals surface area contributed by atoms with Crippen molar-refractivity contribution in [2.75, 3.05) is 31.9 Å². The van der Waals surface area contributed by atoms with Gasteiger partial charge in [0.15, 0.2) is 9.84 Å². The normalized spacial score (nSPS) is 27.1. The smallest absolute Gasteiger partial charge is 0.153 e. The molecule has 1 saturated carbocycles. The Kier molecular flexibility index (Phi) is 5.87. The van der Waals surface area contributed by atoms with Gasteiger partial charge in [0.1, 0.15) is 0 Å². The first-order valence-electron chi connectivity index (χ1n) is 8.16. The standard InChI is InChI=1S/C15H30N2O2S/c1-13(2)20(18,19)11-10-17-9-8-16-15(12-17)14-6-4-3-5-7-14/h13-16H,3-12H2,1-2H3. The van der Waals surface area contributed by atoms with Crippen LogP contribution in [0.1, 0.15) is 46.0 Å². The molecule has 0 radical (unpaired) electrons. The van der Waals surface area contributed by atoms with Crippen molar-refractivity contribution in [2.24, 2.45) is 5.92 Å². The summed E-state index contributed by atoms with van der Waals surface area (Å²) in [6, 6.07) is 0.575. The molecule has 118 valence electrons. The zero-order valence-corrected chi connectivity index (χ0v) is 13.8. The zero-order chi connectivity index (χ0) is 14.6. The van der Waals surface area contributed by atoms with Gasteiger partial charge in [0.05, 0.1) is 11.0 Å². The Hall–Kier alpha value is -0.130. The molecule has 0 aromatic carbocycles. The fourth-order valence-electron chi connectivity index (χ4n) is 3.39. The summed E-state index contributed by atoms with van der Waals surface area (Å²) in [4.78, 5) is 2.34. The number of hydrogen-bond donors (Lipinski definition) is 1. The summed E-state index contributed by atoms with van der Waals surface area (Å²) < 4.78 is 23.8. The number of piperazine rings is 1. The Bertz CT molecular complexity index is 389. The van der Waals surface area contributed by atoms with Gasteiger partial charge >= 0.3 is 0 Å². The Morgan fingerprint density at radius 2 is 1.90 bits per heavy atom. The van der Waals surface area contributed by atoms with Crippen LogP contribution in [-0.4, -0.2) is 56.5 Å². The molecule has 1 atom stereocenters. The molecule has 2 rings (SSSR count). The van der Waals surface area contributed by atoms with E-state index in [4.69, 9.17) is 0 Å². The average molecular weight is 302 g/mol. The summed E-state index contributed by atoms with van der Waals surface area (Å²) in [5.74, 6) is 1.11. The largest absolute Gasteiger partial charge is 0.311 e. The van der Waals surface area contributed by atoms with Gasteiger partial charge in [0, 0.05) is 32.2 Å². The van der Waals surface area contributed by atoms with Gasteiger partial charge in [-0.15, -0.1) is 0 Å². The minimum atomic E-state index is -2.90. The minimum absolute atomic E-state index is 0.250. The van der Waals surface area contributed by atoms with E-state index in [0.29, 0.717) is 18.3 Å². The lowest BCUT2D eigenvalue weighted by molar-refractivity contribution is 0.152. The van der Waals surface area contributed by atoms with Gasteiger partial charge in [-0.05, 0) is 32.6 Å². The van der Waals surface area contributed by atoms with Crippen LogP contribution in [0.3, 0.4) is 0 Å². The van der Waals surface area contributed by atoms with Crippen LogP contribution in [0.4, 0.5) is 0 Å². The van der Waals surface area contributed by atoms with Crippen LogP contribution in [0.15, 0.2) is 0 Å². The van der Waals surface area contributed by atoms with Gasteiger partial charge < -0.3 is 5.32 Å². The van der Waals surface area contributed by atoms with Crippen LogP contribution in [0.2, 0.25) is 0 Å². The Morgan fingerprint density at radius 3 is 2.55 bits per heavy atom. The highest BCUT2D eigenvalue weighted by molar-refractivity contribution is 7.92. The maximum absolute atomic E-state index is 11.9. The third kappa shape index (κ3) is 4.43. The molecule has 0 bridgehead atoms. The van der Waals surface area contributed by atoms with Crippen LogP contribution < -0.4 is 5.32 Å². The van der Waals surface area contributed by atoms with E-state index in [2.05, 4.69) is 10.2 Å². The van der Waals surface area contributed by atoms with E-state index in [1.165, 1.54) is 32.1 Å². The number of hydrogen-bond acceptors (Lipinski definition) is 4. The molecule has 1 aliphatic heterocycles. The van der Waals surface area contributed by atoms with Crippen LogP contribution in [-0.2, 0) is 9.84 Å². The number of rotatable bonds is 5. The quantitative estimate of drug-likeness (QED) is 0.839. The lowest BCUT2D eigenvalue weighted by atomic mass is 9.83. The van der Waals surface area contributed by atoms with Crippen LogP contribution in [0, 0.1) is 5.92 Å². The third-order valence-electron chi connectivity index (χ3n) is 4.92. The summed E-state index contributed by atoms with van der Waals surface area (Å²) in [6.45, 7) is 7.26. The Balaban J connectivity index is 1.81. The highest BCUT2D eigenvalue weighted by atomic mass is 32.2. The summed E-state index contributed by atoms with van der Waals surface area (Å²) >= 11 is 0. The van der Waals surface area contributed by atoms with Crippen molar-refractivity contribution in [1.82, 2.24) is 10.2 Å². The van der Waals surface area contributed by atoms with Gasteiger partial charge in [0.25, 0.3) is 0 Å². The summed E-state index contributed by atoms with van der Waals surface area (Å²) in [7, 11) is -2.90. The van der Waals surface area contributed by atoms with Crippen molar-refractivity contribution in [2.45, 2.75) is 57.2 Å². The molecule has 2 aliphatic rings. The van der Waals surface area contributed by atoms with E-state index in [-0.39, 0.29) is 5.25 Å². The van der Waals surface area contributed by atoms with Crippen LogP contribution in [0.5, 0.6) is 0 Å². The Labute approximate surface area is 124 Å². The zero-order valence-electron chi connectivity index (χ0n) is 13.0. The molecular weight excluding hydrogens is 272 g/mol. The van der Waals surface area contributed by atoms with E-state index < -0.39 is 9.84 Å². The maximum Gasteiger partial charge on any atom is 0.153 e. The van der Waals surface area contributed by atoms with Gasteiger partial charge in [-0.25, -0.2) is 8.42 Å². The third-order valence-corrected chi connectivity index (χ3v) is 7.11. The van der Waals surface area contributed by atoms with E-state index >= 15 is 0 Å². The minimum Gasteiger partial charge on any atom is -0.311 e. The molecule has 1 aliphatic carbocycles. The van der Waals surface area contributed by atoms with Crippen molar-refractivity contribution in [3.63, 3.8) is 0 Å². The molecule has 5 heteroatoms. The summed E-state index contributed by atoms with van der Waals surface area (Å²) in [5.41, 5.74) is 0. The Morgan fingerprint density at radius 1 is 1.20 bits per heavy atom. The van der Waals surface area contributed by atoms with Crippen molar-refractivity contribution < 1.29 is 8.42 Å².